The van der Waals surface area contributed by atoms with E-state index in [4.69, 9.17) is 5.73 Å². The minimum absolute atomic E-state index is 0. The van der Waals surface area contributed by atoms with E-state index in [0.29, 0.717) is 53.9 Å². The number of hydrogen-bond donors (Lipinski definition) is 3. The van der Waals surface area contributed by atoms with Gasteiger partial charge in [-0.15, -0.1) is 0 Å². The molecule has 246 valence electrons. The Bertz CT molecular complexity index is 2230. The Balaban J connectivity index is 0.00000325. The van der Waals surface area contributed by atoms with Crippen molar-refractivity contribution in [3.63, 3.8) is 0 Å². The van der Waals surface area contributed by atoms with Crippen molar-refractivity contribution in [3.05, 3.63) is 107 Å². The Morgan fingerprint density at radius 2 is 1.22 bits per heavy atom. The Labute approximate surface area is 329 Å². The number of nitrogens with zero attached hydrogens (tertiary/aromatic N) is 1. The van der Waals surface area contributed by atoms with Crippen molar-refractivity contribution in [3.8, 4) is 0 Å². The normalized spacial score (nSPS) is 13.6. The first kappa shape index (κ1) is 41.0. The molecule has 0 heterocycles. The van der Waals surface area contributed by atoms with Gasteiger partial charge in [-0.1, -0.05) is 17.7 Å². The van der Waals surface area contributed by atoms with E-state index in [1.165, 1.54) is 54.6 Å². The van der Waals surface area contributed by atoms with Crippen LogP contribution in [0.15, 0.2) is 110 Å². The predicted octanol–water partition coefficient (Wildman–Crippen LogP) is -0.468. The maximum absolute atomic E-state index is 12.1. The van der Waals surface area contributed by atoms with E-state index in [-0.39, 0.29) is 74.6 Å². The fourth-order valence-corrected chi connectivity index (χ4v) is 7.01. The van der Waals surface area contributed by atoms with Gasteiger partial charge in [-0.3, -0.25) is 9.55 Å². The quantitative estimate of drug-likeness (QED) is 0.119. The SMILES string of the molecule is Cc1cc(C(=C2CCC(=Nc3ccc(S(=O)(=O)[O-])cc3)CC2)c2ccc(Nc3ccc(S(=O)(=O)O)cc3)cc2)cc(S(=O)(=O)[O-])c1N.[Na+].[Na+]. The summed E-state index contributed by atoms with van der Waals surface area (Å²) in [7, 11) is -13.8. The molecule has 17 heteroatoms. The molecule has 4 N–H and O–H groups in total. The summed E-state index contributed by atoms with van der Waals surface area (Å²) in [5.74, 6) is 0. The number of allylic oxidation sites excluding steroid dienone is 1. The molecule has 49 heavy (non-hydrogen) atoms. The number of benzene rings is 4. The van der Waals surface area contributed by atoms with E-state index in [1.807, 2.05) is 12.1 Å². The van der Waals surface area contributed by atoms with E-state index >= 15 is 0 Å². The van der Waals surface area contributed by atoms with Crippen molar-refractivity contribution in [2.75, 3.05) is 11.1 Å². The van der Waals surface area contributed by atoms with Crippen LogP contribution >= 0.6 is 0 Å². The van der Waals surface area contributed by atoms with Crippen LogP contribution in [0.25, 0.3) is 5.57 Å². The van der Waals surface area contributed by atoms with E-state index in [1.54, 1.807) is 25.1 Å². The molecule has 1 aliphatic rings. The van der Waals surface area contributed by atoms with Crippen LogP contribution < -0.4 is 70.2 Å². The molecule has 0 radical (unpaired) electrons. The van der Waals surface area contributed by atoms with Crippen LogP contribution in [0, 0.1) is 6.92 Å². The number of anilines is 3. The van der Waals surface area contributed by atoms with Crippen LogP contribution in [0.5, 0.6) is 0 Å². The van der Waals surface area contributed by atoms with Crippen LogP contribution in [0.3, 0.4) is 0 Å². The number of aliphatic imine (C=N–C) groups is 1. The summed E-state index contributed by atoms with van der Waals surface area (Å²) in [4.78, 5) is 3.55. The van der Waals surface area contributed by atoms with E-state index < -0.39 is 35.2 Å². The molecular formula is C32H29N3Na2O9S3. The summed E-state index contributed by atoms with van der Waals surface area (Å²) >= 11 is 0. The molecule has 1 aliphatic carbocycles. The zero-order valence-corrected chi connectivity index (χ0v) is 33.3. The minimum Gasteiger partial charge on any atom is -0.744 e. The molecule has 0 bridgehead atoms. The Morgan fingerprint density at radius 3 is 1.71 bits per heavy atom. The van der Waals surface area contributed by atoms with Crippen molar-refractivity contribution < 1.29 is 98.0 Å². The molecule has 0 aliphatic heterocycles. The number of rotatable bonds is 8. The zero-order chi connectivity index (χ0) is 34.1. The first-order valence-corrected chi connectivity index (χ1v) is 18.4. The molecule has 5 rings (SSSR count). The van der Waals surface area contributed by atoms with Gasteiger partial charge in [-0.25, -0.2) is 16.8 Å². The summed E-state index contributed by atoms with van der Waals surface area (Å²) in [6, 6.07) is 21.2. The van der Waals surface area contributed by atoms with Gasteiger partial charge < -0.3 is 20.2 Å². The van der Waals surface area contributed by atoms with Crippen molar-refractivity contribution in [2.24, 2.45) is 4.99 Å². The number of aryl methyl sites for hydroxylation is 1. The van der Waals surface area contributed by atoms with Gasteiger partial charge in [0.15, 0.2) is 0 Å². The van der Waals surface area contributed by atoms with Crippen LogP contribution in [-0.2, 0) is 30.4 Å². The third-order valence-corrected chi connectivity index (χ3v) is 10.3. The summed E-state index contributed by atoms with van der Waals surface area (Å²) < 4.78 is 102. The van der Waals surface area contributed by atoms with Crippen molar-refractivity contribution in [1.29, 1.82) is 0 Å². The average molecular weight is 742 g/mol. The van der Waals surface area contributed by atoms with Crippen molar-refractivity contribution in [1.82, 2.24) is 0 Å². The smallest absolute Gasteiger partial charge is 0.744 e. The number of hydrogen-bond acceptors (Lipinski definition) is 11. The Hall–Kier alpha value is -2.38. The molecule has 0 saturated heterocycles. The molecule has 0 amide bonds. The van der Waals surface area contributed by atoms with Gasteiger partial charge >= 0.3 is 59.1 Å². The predicted molar refractivity (Wildman–Crippen MR) is 176 cm³/mol. The van der Waals surface area contributed by atoms with Gasteiger partial charge in [0.1, 0.15) is 20.2 Å². The zero-order valence-electron chi connectivity index (χ0n) is 26.9. The molecule has 1 fully saturated rings. The Morgan fingerprint density at radius 1 is 0.714 bits per heavy atom. The topological polar surface area (TPSA) is 219 Å². The van der Waals surface area contributed by atoms with Crippen LogP contribution in [0.2, 0.25) is 0 Å². The fourth-order valence-electron chi connectivity index (χ4n) is 5.36. The monoisotopic (exact) mass is 741 g/mol. The molecule has 0 atom stereocenters. The van der Waals surface area contributed by atoms with Crippen LogP contribution in [-0.4, -0.2) is 44.6 Å². The fraction of sp³-hybridized carbons (Fsp3) is 0.156. The van der Waals surface area contributed by atoms with Gasteiger partial charge in [-0.05, 0) is 128 Å². The summed E-state index contributed by atoms with van der Waals surface area (Å²) in [6.45, 7) is 1.63. The minimum atomic E-state index is -4.87. The third-order valence-electron chi connectivity index (χ3n) is 7.72. The molecule has 0 spiro atoms. The van der Waals surface area contributed by atoms with Crippen LogP contribution in [0.1, 0.15) is 42.4 Å². The maximum Gasteiger partial charge on any atom is 1.00 e. The van der Waals surface area contributed by atoms with Gasteiger partial charge in [0.05, 0.1) is 26.1 Å². The van der Waals surface area contributed by atoms with Crippen molar-refractivity contribution in [2.45, 2.75) is 47.3 Å². The second kappa shape index (κ2) is 16.3. The first-order chi connectivity index (χ1) is 22.0. The summed E-state index contributed by atoms with van der Waals surface area (Å²) in [5, 5.41) is 3.16. The molecule has 4 aromatic rings. The summed E-state index contributed by atoms with van der Waals surface area (Å²) in [5.41, 5.74) is 11.9. The first-order valence-electron chi connectivity index (χ1n) is 14.1. The average Bonchev–Trinajstić information content (AvgIpc) is 3.00. The van der Waals surface area contributed by atoms with Gasteiger partial charge in [0.2, 0.25) is 0 Å². The second-order valence-corrected chi connectivity index (χ2v) is 15.1. The van der Waals surface area contributed by atoms with Gasteiger partial charge in [0, 0.05) is 17.1 Å². The third kappa shape index (κ3) is 10.3. The summed E-state index contributed by atoms with van der Waals surface area (Å²) in [6.07, 6.45) is 2.23. The largest absolute Gasteiger partial charge is 1.00 e. The van der Waals surface area contributed by atoms with Crippen LogP contribution in [0.4, 0.5) is 22.7 Å². The molecule has 1 saturated carbocycles. The second-order valence-electron chi connectivity index (χ2n) is 11.0. The van der Waals surface area contributed by atoms with Gasteiger partial charge in [0.25, 0.3) is 10.1 Å². The standard InChI is InChI=1S/C32H31N3O9S3.2Na/c1-20-18-23(19-30(32(20)33)47(42,43)44)31(21-2-6-24(7-3-21)34-26-10-14-28(15-11-26)45(36,37)38)22-4-8-25(9-5-22)35-27-12-16-29(17-13-27)46(39,40)41;;/h2-3,6-7,10-19,34H,4-5,8-9,33H2,1H3,(H,36,37,38)(H,39,40,41)(H,42,43,44);;/q;2*+1/p-2. The Kier molecular flexibility index (Phi) is 13.7. The maximum atomic E-state index is 12.1. The van der Waals surface area contributed by atoms with E-state index in [9.17, 15) is 38.9 Å². The number of nitrogens with two attached hydrogens (primary N) is 1. The number of nitrogens with one attached hydrogen (secondary N) is 1. The molecule has 4 aromatic carbocycles. The molecule has 0 aromatic heterocycles. The molecule has 0 unspecified atom stereocenters. The van der Waals surface area contributed by atoms with Gasteiger partial charge in [-0.2, -0.15) is 8.42 Å². The van der Waals surface area contributed by atoms with E-state index in [0.717, 1.165) is 22.4 Å². The molecule has 12 nitrogen and oxygen atoms in total. The molecular weight excluding hydrogens is 713 g/mol. The number of nitrogen functional groups attached to an aromatic ring is 1. The van der Waals surface area contributed by atoms with Crippen molar-refractivity contribution >= 4 is 64.4 Å². The van der Waals surface area contributed by atoms with E-state index in [2.05, 4.69) is 10.3 Å².